The third-order valence-electron chi connectivity index (χ3n) is 4.87. The highest BCUT2D eigenvalue weighted by atomic mass is 35.5. The molecule has 1 heterocycles. The minimum absolute atomic E-state index is 0.0500. The second-order valence-corrected chi connectivity index (χ2v) is 9.05. The van der Waals surface area contributed by atoms with Crippen LogP contribution in [0.15, 0.2) is 18.2 Å². The summed E-state index contributed by atoms with van der Waals surface area (Å²) in [5.74, 6) is -0.392. The Morgan fingerprint density at radius 2 is 1.81 bits per heavy atom. The molecule has 4 nitrogen and oxygen atoms in total. The molecule has 1 aliphatic heterocycles. The van der Waals surface area contributed by atoms with Gasteiger partial charge < -0.3 is 15.3 Å². The summed E-state index contributed by atoms with van der Waals surface area (Å²) in [4.78, 5) is 14.3. The van der Waals surface area contributed by atoms with Crippen LogP contribution in [0.5, 0.6) is 0 Å². The van der Waals surface area contributed by atoms with Gasteiger partial charge in [0.15, 0.2) is 0 Å². The zero-order valence-corrected chi connectivity index (χ0v) is 17.0. The first-order valence-corrected chi connectivity index (χ1v) is 9.58. The van der Waals surface area contributed by atoms with Gasteiger partial charge in [0.05, 0.1) is 12.6 Å². The van der Waals surface area contributed by atoms with Crippen LogP contribution in [0.25, 0.3) is 0 Å². The Morgan fingerprint density at radius 1 is 1.27 bits per heavy atom. The van der Waals surface area contributed by atoms with Crippen molar-refractivity contribution in [2.45, 2.75) is 45.4 Å². The number of alkyl halides is 1. The lowest BCUT2D eigenvalue weighted by Crippen LogP contribution is -2.50. The quantitative estimate of drug-likeness (QED) is 0.781. The number of β-amino-alcohol motifs (C(OH)–C–C–N with tert-alkyl or cyclic N) is 1. The number of carbonyl (C=O) groups is 1. The van der Waals surface area contributed by atoms with E-state index in [1.165, 1.54) is 18.2 Å². The van der Waals surface area contributed by atoms with Crippen molar-refractivity contribution in [1.82, 2.24) is 10.2 Å². The topological polar surface area (TPSA) is 52.6 Å². The minimum atomic E-state index is -1.44. The van der Waals surface area contributed by atoms with Crippen molar-refractivity contribution in [2.24, 2.45) is 5.41 Å². The second-order valence-electron chi connectivity index (χ2n) is 8.17. The molecule has 0 bridgehead atoms. The van der Waals surface area contributed by atoms with Gasteiger partial charge in [0.2, 0.25) is 0 Å². The van der Waals surface area contributed by atoms with Gasteiger partial charge in [0.25, 0.3) is 5.91 Å². The number of carbonyl (C=O) groups excluding carboxylic acids is 1. The number of hydrogen-bond donors (Lipinski definition) is 2. The number of aliphatic hydroxyl groups is 1. The number of halogens is 3. The molecule has 2 N–H and O–H groups in total. The number of piperidine rings is 1. The maximum absolute atomic E-state index is 15.0. The fourth-order valence-corrected chi connectivity index (χ4v) is 3.38. The van der Waals surface area contributed by atoms with E-state index in [0.717, 1.165) is 0 Å². The first kappa shape index (κ1) is 21.4. The molecule has 7 heteroatoms. The lowest BCUT2D eigenvalue weighted by atomic mass is 9.87. The molecule has 1 amide bonds. The standard InChI is InChI=1S/C19H27Cl2FN2O2/c1-18(2,3)16(25)11-24-6-4-19(22,5-7-24)12-23-17(26)13-8-14(20)10-15(21)9-13/h8-10,16,25H,4-7,11-12H2,1-3H3,(H,23,26)/t16-/m1/s1. The first-order chi connectivity index (χ1) is 12.0. The van der Waals surface area contributed by atoms with E-state index < -0.39 is 17.7 Å². The monoisotopic (exact) mass is 404 g/mol. The van der Waals surface area contributed by atoms with Crippen LogP contribution in [0, 0.1) is 5.41 Å². The van der Waals surface area contributed by atoms with E-state index in [-0.39, 0.29) is 12.0 Å². The van der Waals surface area contributed by atoms with Crippen molar-refractivity contribution in [3.63, 3.8) is 0 Å². The molecule has 146 valence electrons. The van der Waals surface area contributed by atoms with Gasteiger partial charge in [-0.3, -0.25) is 4.79 Å². The molecule has 1 aromatic rings. The lowest BCUT2D eigenvalue weighted by Gasteiger charge is -2.39. The van der Waals surface area contributed by atoms with Crippen molar-refractivity contribution >= 4 is 29.1 Å². The molecule has 0 unspecified atom stereocenters. The number of hydrogen-bond acceptors (Lipinski definition) is 3. The van der Waals surface area contributed by atoms with Gasteiger partial charge >= 0.3 is 0 Å². The summed E-state index contributed by atoms with van der Waals surface area (Å²) in [6.45, 7) is 7.56. The van der Waals surface area contributed by atoms with Gasteiger partial charge in [-0.15, -0.1) is 0 Å². The molecular weight excluding hydrogens is 378 g/mol. The van der Waals surface area contributed by atoms with E-state index in [4.69, 9.17) is 23.2 Å². The summed E-state index contributed by atoms with van der Waals surface area (Å²) in [5, 5.41) is 13.6. The van der Waals surface area contributed by atoms with Crippen LogP contribution in [0.4, 0.5) is 4.39 Å². The van der Waals surface area contributed by atoms with Gasteiger partial charge in [-0.2, -0.15) is 0 Å². The number of likely N-dealkylation sites (tertiary alicyclic amines) is 1. The van der Waals surface area contributed by atoms with Crippen LogP contribution in [-0.4, -0.2) is 53.9 Å². The Kier molecular flexibility index (Phi) is 6.94. The number of nitrogens with zero attached hydrogens (tertiary/aromatic N) is 1. The SMILES string of the molecule is CC(C)(C)[C@H](O)CN1CCC(F)(CNC(=O)c2cc(Cl)cc(Cl)c2)CC1. The zero-order valence-electron chi connectivity index (χ0n) is 15.5. The summed E-state index contributed by atoms with van der Waals surface area (Å²) in [7, 11) is 0. The summed E-state index contributed by atoms with van der Waals surface area (Å²) in [6.07, 6.45) is 0.183. The number of amides is 1. The Bertz CT molecular complexity index is 621. The predicted molar refractivity (Wildman–Crippen MR) is 104 cm³/mol. The third kappa shape index (κ3) is 6.08. The molecule has 0 saturated carbocycles. The average Bonchev–Trinajstić information content (AvgIpc) is 2.53. The molecule has 2 rings (SSSR count). The summed E-state index contributed by atoms with van der Waals surface area (Å²) < 4.78 is 15.0. The van der Waals surface area contributed by atoms with Crippen LogP contribution in [0.2, 0.25) is 10.0 Å². The van der Waals surface area contributed by atoms with Crippen LogP contribution in [0.3, 0.4) is 0 Å². The third-order valence-corrected chi connectivity index (χ3v) is 5.31. The van der Waals surface area contributed by atoms with Gasteiger partial charge in [0.1, 0.15) is 5.67 Å². The average molecular weight is 405 g/mol. The van der Waals surface area contributed by atoms with Crippen LogP contribution < -0.4 is 5.32 Å². The number of benzene rings is 1. The largest absolute Gasteiger partial charge is 0.391 e. The van der Waals surface area contributed by atoms with Crippen molar-refractivity contribution < 1.29 is 14.3 Å². The smallest absolute Gasteiger partial charge is 0.251 e. The molecular formula is C19H27Cl2FN2O2. The van der Waals surface area contributed by atoms with Crippen LogP contribution >= 0.6 is 23.2 Å². The van der Waals surface area contributed by atoms with E-state index in [2.05, 4.69) is 10.2 Å². The number of rotatable bonds is 5. The maximum atomic E-state index is 15.0. The molecule has 1 fully saturated rings. The number of nitrogens with one attached hydrogen (secondary N) is 1. The van der Waals surface area contributed by atoms with Gasteiger partial charge in [-0.05, 0) is 36.5 Å². The van der Waals surface area contributed by atoms with Crippen molar-refractivity contribution in [3.05, 3.63) is 33.8 Å². The van der Waals surface area contributed by atoms with E-state index in [1.807, 2.05) is 20.8 Å². The highest BCUT2D eigenvalue weighted by Gasteiger charge is 2.36. The van der Waals surface area contributed by atoms with Gasteiger partial charge in [-0.1, -0.05) is 44.0 Å². The molecule has 0 radical (unpaired) electrons. The fraction of sp³-hybridized carbons (Fsp3) is 0.632. The second kappa shape index (κ2) is 8.42. The van der Waals surface area contributed by atoms with Crippen molar-refractivity contribution in [3.8, 4) is 0 Å². The Morgan fingerprint density at radius 3 is 2.31 bits per heavy atom. The highest BCUT2D eigenvalue weighted by molar-refractivity contribution is 6.35. The zero-order chi connectivity index (χ0) is 19.5. The molecule has 1 atom stereocenters. The van der Waals surface area contributed by atoms with Gasteiger partial charge in [-0.25, -0.2) is 4.39 Å². The summed E-state index contributed by atoms with van der Waals surface area (Å²) >= 11 is 11.8. The Balaban J connectivity index is 1.84. The minimum Gasteiger partial charge on any atom is -0.391 e. The molecule has 0 aromatic heterocycles. The predicted octanol–water partition coefficient (Wildman–Crippen LogP) is 3.93. The first-order valence-electron chi connectivity index (χ1n) is 8.82. The van der Waals surface area contributed by atoms with E-state index >= 15 is 0 Å². The van der Waals surface area contributed by atoms with Gasteiger partial charge in [0, 0.05) is 35.2 Å². The maximum Gasteiger partial charge on any atom is 0.251 e. The summed E-state index contributed by atoms with van der Waals surface area (Å²) in [5.41, 5.74) is -1.32. The van der Waals surface area contributed by atoms with Crippen LogP contribution in [-0.2, 0) is 0 Å². The number of aliphatic hydroxyl groups excluding tert-OH is 1. The normalized spacial score (nSPS) is 19.2. The van der Waals surface area contributed by atoms with E-state index in [1.54, 1.807) is 0 Å². The van der Waals surface area contributed by atoms with Crippen molar-refractivity contribution in [2.75, 3.05) is 26.2 Å². The van der Waals surface area contributed by atoms with Crippen LogP contribution in [0.1, 0.15) is 44.0 Å². The molecule has 1 aliphatic rings. The van der Waals surface area contributed by atoms with Crippen molar-refractivity contribution in [1.29, 1.82) is 0 Å². The van der Waals surface area contributed by atoms with E-state index in [0.29, 0.717) is 48.1 Å². The Hall–Kier alpha value is -0.880. The molecule has 1 saturated heterocycles. The fourth-order valence-electron chi connectivity index (χ4n) is 2.86. The molecule has 0 aliphatic carbocycles. The lowest BCUT2D eigenvalue weighted by molar-refractivity contribution is -0.00179. The summed E-state index contributed by atoms with van der Waals surface area (Å²) in [6, 6.07) is 4.55. The Labute approximate surface area is 164 Å². The molecule has 1 aromatic carbocycles. The highest BCUT2D eigenvalue weighted by Crippen LogP contribution is 2.28. The molecule has 26 heavy (non-hydrogen) atoms. The van der Waals surface area contributed by atoms with E-state index in [9.17, 15) is 14.3 Å². The molecule has 0 spiro atoms.